The van der Waals surface area contributed by atoms with E-state index in [9.17, 15) is 9.59 Å². The Morgan fingerprint density at radius 3 is 2.35 bits per heavy atom. The van der Waals surface area contributed by atoms with Gasteiger partial charge in [0, 0.05) is 38.8 Å². The van der Waals surface area contributed by atoms with Crippen molar-refractivity contribution in [3.63, 3.8) is 0 Å². The van der Waals surface area contributed by atoms with Crippen LogP contribution in [0.2, 0.25) is 0 Å². The summed E-state index contributed by atoms with van der Waals surface area (Å²) in [6.45, 7) is 9.10. The predicted molar refractivity (Wildman–Crippen MR) is 99.8 cm³/mol. The van der Waals surface area contributed by atoms with E-state index in [0.717, 1.165) is 31.5 Å². The van der Waals surface area contributed by atoms with Crippen molar-refractivity contribution in [3.05, 3.63) is 35.9 Å². The Bertz CT molecular complexity index is 633. The minimum atomic E-state index is -0.475. The highest BCUT2D eigenvalue weighted by Gasteiger charge is 2.36. The number of benzene rings is 1. The molecule has 2 aliphatic rings. The average molecular weight is 359 g/mol. The van der Waals surface area contributed by atoms with E-state index < -0.39 is 5.60 Å². The Balaban J connectivity index is 1.51. The van der Waals surface area contributed by atoms with Crippen LogP contribution in [0.1, 0.15) is 39.2 Å². The number of likely N-dealkylation sites (tertiary alicyclic amines) is 1. The second-order valence-corrected chi connectivity index (χ2v) is 8.08. The fourth-order valence-electron chi connectivity index (χ4n) is 3.58. The molecule has 6 nitrogen and oxygen atoms in total. The Labute approximate surface area is 155 Å². The molecule has 3 amide bonds. The smallest absolute Gasteiger partial charge is 0.410 e. The second kappa shape index (κ2) is 7.56. The van der Waals surface area contributed by atoms with Gasteiger partial charge in [0.15, 0.2) is 0 Å². The van der Waals surface area contributed by atoms with Crippen molar-refractivity contribution in [3.8, 4) is 0 Å². The summed E-state index contributed by atoms with van der Waals surface area (Å²) in [6, 6.07) is 10.4. The summed E-state index contributed by atoms with van der Waals surface area (Å²) in [5.41, 5.74) is 0.680. The van der Waals surface area contributed by atoms with E-state index in [1.54, 1.807) is 4.90 Å². The first-order valence-corrected chi connectivity index (χ1v) is 9.41. The highest BCUT2D eigenvalue weighted by molar-refractivity contribution is 5.77. The van der Waals surface area contributed by atoms with Crippen LogP contribution >= 0.6 is 0 Å². The lowest BCUT2D eigenvalue weighted by Crippen LogP contribution is -2.49. The van der Waals surface area contributed by atoms with Crippen LogP contribution in [0.25, 0.3) is 0 Å². The largest absolute Gasteiger partial charge is 0.444 e. The van der Waals surface area contributed by atoms with Gasteiger partial charge < -0.3 is 19.4 Å². The molecule has 26 heavy (non-hydrogen) atoms. The normalized spacial score (nSPS) is 19.2. The van der Waals surface area contributed by atoms with E-state index in [4.69, 9.17) is 4.74 Å². The number of urea groups is 1. The number of nitrogens with zero attached hydrogens (tertiary/aromatic N) is 3. The molecule has 0 aromatic heterocycles. The topological polar surface area (TPSA) is 53.1 Å². The summed E-state index contributed by atoms with van der Waals surface area (Å²) in [6.07, 6.45) is 1.36. The zero-order valence-corrected chi connectivity index (χ0v) is 16.0. The lowest BCUT2D eigenvalue weighted by Gasteiger charge is -2.37. The summed E-state index contributed by atoms with van der Waals surface area (Å²) in [7, 11) is 0. The predicted octanol–water partition coefficient (Wildman–Crippen LogP) is 3.32. The number of hydrogen-bond donors (Lipinski definition) is 0. The Morgan fingerprint density at radius 2 is 1.73 bits per heavy atom. The van der Waals surface area contributed by atoms with Gasteiger partial charge in [-0.2, -0.15) is 0 Å². The Kier molecular flexibility index (Phi) is 5.39. The maximum absolute atomic E-state index is 12.8. The molecule has 2 saturated heterocycles. The van der Waals surface area contributed by atoms with E-state index in [1.807, 2.05) is 48.8 Å². The molecule has 1 aromatic rings. The van der Waals surface area contributed by atoms with Crippen molar-refractivity contribution in [2.75, 3.05) is 26.2 Å². The molecule has 142 valence electrons. The van der Waals surface area contributed by atoms with Gasteiger partial charge in [-0.1, -0.05) is 30.3 Å². The lowest BCUT2D eigenvalue weighted by atomic mass is 10.0. The molecular weight excluding hydrogens is 330 g/mol. The third kappa shape index (κ3) is 4.48. The molecule has 0 atom stereocenters. The third-order valence-corrected chi connectivity index (χ3v) is 4.90. The van der Waals surface area contributed by atoms with Gasteiger partial charge in [-0.15, -0.1) is 0 Å². The number of amides is 3. The molecule has 0 N–H and O–H groups in total. The van der Waals surface area contributed by atoms with Crippen LogP contribution < -0.4 is 0 Å². The van der Waals surface area contributed by atoms with Crippen LogP contribution in [0.15, 0.2) is 30.3 Å². The summed E-state index contributed by atoms with van der Waals surface area (Å²) >= 11 is 0. The van der Waals surface area contributed by atoms with Crippen molar-refractivity contribution in [1.29, 1.82) is 0 Å². The fourth-order valence-corrected chi connectivity index (χ4v) is 3.58. The third-order valence-electron chi connectivity index (χ3n) is 4.90. The number of carbonyl (C=O) groups excluding carboxylic acids is 2. The maximum atomic E-state index is 12.8. The molecular formula is C20H29N3O3. The molecule has 0 radical (unpaired) electrons. The summed E-state index contributed by atoms with van der Waals surface area (Å²) < 4.78 is 5.44. The minimum absolute atomic E-state index is 0.115. The van der Waals surface area contributed by atoms with Crippen LogP contribution in [0, 0.1) is 0 Å². The van der Waals surface area contributed by atoms with Crippen molar-refractivity contribution in [2.45, 2.75) is 51.8 Å². The van der Waals surface area contributed by atoms with Gasteiger partial charge in [-0.05, 0) is 39.2 Å². The summed E-state index contributed by atoms with van der Waals surface area (Å²) in [4.78, 5) is 30.6. The Hall–Kier alpha value is -2.24. The molecule has 2 aliphatic heterocycles. The zero-order chi connectivity index (χ0) is 18.7. The van der Waals surface area contributed by atoms with Crippen LogP contribution in [-0.4, -0.2) is 64.6 Å². The molecule has 3 rings (SSSR count). The molecule has 0 saturated carbocycles. The molecule has 6 heteroatoms. The van der Waals surface area contributed by atoms with Gasteiger partial charge >= 0.3 is 12.1 Å². The molecule has 2 heterocycles. The number of carbonyl (C=O) groups is 2. The Morgan fingerprint density at radius 1 is 1.08 bits per heavy atom. The van der Waals surface area contributed by atoms with Crippen molar-refractivity contribution < 1.29 is 14.3 Å². The minimum Gasteiger partial charge on any atom is -0.444 e. The van der Waals surface area contributed by atoms with Crippen molar-refractivity contribution in [1.82, 2.24) is 14.7 Å². The summed E-state index contributed by atoms with van der Waals surface area (Å²) in [5, 5.41) is 0. The summed E-state index contributed by atoms with van der Waals surface area (Å²) in [5.74, 6) is 0. The zero-order valence-electron chi connectivity index (χ0n) is 16.0. The van der Waals surface area contributed by atoms with Crippen LogP contribution in [0.3, 0.4) is 0 Å². The molecule has 0 unspecified atom stereocenters. The lowest BCUT2D eigenvalue weighted by molar-refractivity contribution is 0.0170. The van der Waals surface area contributed by atoms with Crippen LogP contribution in [-0.2, 0) is 11.3 Å². The van der Waals surface area contributed by atoms with Crippen molar-refractivity contribution >= 4 is 12.1 Å². The number of ether oxygens (including phenoxy) is 1. The van der Waals surface area contributed by atoms with E-state index in [-0.39, 0.29) is 18.2 Å². The van der Waals surface area contributed by atoms with E-state index >= 15 is 0 Å². The molecule has 2 fully saturated rings. The number of piperidine rings is 1. The van der Waals surface area contributed by atoms with Crippen molar-refractivity contribution in [2.24, 2.45) is 0 Å². The van der Waals surface area contributed by atoms with Gasteiger partial charge in [0.25, 0.3) is 0 Å². The molecule has 1 aromatic carbocycles. The quantitative estimate of drug-likeness (QED) is 0.832. The highest BCUT2D eigenvalue weighted by atomic mass is 16.6. The monoisotopic (exact) mass is 359 g/mol. The van der Waals surface area contributed by atoms with Gasteiger partial charge in [0.05, 0.1) is 0 Å². The van der Waals surface area contributed by atoms with Gasteiger partial charge in [-0.25, -0.2) is 9.59 Å². The number of rotatable bonds is 3. The average Bonchev–Trinajstić information content (AvgIpc) is 2.95. The van der Waals surface area contributed by atoms with Gasteiger partial charge in [0.1, 0.15) is 5.60 Å². The van der Waals surface area contributed by atoms with Crippen LogP contribution in [0.4, 0.5) is 9.59 Å². The van der Waals surface area contributed by atoms with E-state index in [2.05, 4.69) is 12.1 Å². The van der Waals surface area contributed by atoms with Crippen LogP contribution in [0.5, 0.6) is 0 Å². The van der Waals surface area contributed by atoms with Gasteiger partial charge in [-0.3, -0.25) is 0 Å². The molecule has 0 bridgehead atoms. The molecule has 0 spiro atoms. The first-order valence-electron chi connectivity index (χ1n) is 9.41. The standard InChI is InChI=1S/C20H29N3O3/c1-20(2,3)26-19(25)21-11-9-17(10-12-21)23-14-13-22(18(23)24)15-16-7-5-4-6-8-16/h4-8,17H,9-15H2,1-3H3. The second-order valence-electron chi connectivity index (χ2n) is 8.08. The number of hydrogen-bond acceptors (Lipinski definition) is 3. The van der Waals surface area contributed by atoms with Gasteiger partial charge in [0.2, 0.25) is 0 Å². The first kappa shape index (κ1) is 18.5. The van der Waals surface area contributed by atoms with E-state index in [0.29, 0.717) is 19.6 Å². The molecule has 0 aliphatic carbocycles. The van der Waals surface area contributed by atoms with E-state index in [1.165, 1.54) is 0 Å². The first-order chi connectivity index (χ1) is 12.3. The maximum Gasteiger partial charge on any atom is 0.410 e. The SMILES string of the molecule is CC(C)(C)OC(=O)N1CCC(N2CCN(Cc3ccccc3)C2=O)CC1. The highest BCUT2D eigenvalue weighted by Crippen LogP contribution is 2.23. The fraction of sp³-hybridized carbons (Fsp3) is 0.600.